The van der Waals surface area contributed by atoms with Gasteiger partial charge in [-0.1, -0.05) is 38.0 Å². The Morgan fingerprint density at radius 1 is 1.37 bits per heavy atom. The molecular weight excluding hydrogens is 240 g/mol. The summed E-state index contributed by atoms with van der Waals surface area (Å²) >= 11 is 0. The van der Waals surface area contributed by atoms with E-state index in [1.807, 2.05) is 13.8 Å². The standard InChI is InChI=1S/C14H12O3.C2H6/c1-3-6-11(2)13(15)10-9-12-7-4-5-8-14(12)17-16;1-2/h1,4-10,16H,2H3;1-2H3/b10-9+,11-6+;. The maximum atomic E-state index is 11.6. The van der Waals surface area contributed by atoms with Crippen LogP contribution in [0, 0.1) is 12.3 Å². The Morgan fingerprint density at radius 2 is 2.00 bits per heavy atom. The summed E-state index contributed by atoms with van der Waals surface area (Å²) in [7, 11) is 0. The molecule has 0 bridgehead atoms. The van der Waals surface area contributed by atoms with Gasteiger partial charge in [0.25, 0.3) is 0 Å². The number of benzene rings is 1. The molecule has 0 aliphatic rings. The zero-order chi connectivity index (χ0) is 14.7. The van der Waals surface area contributed by atoms with Crippen LogP contribution in [0.25, 0.3) is 6.08 Å². The fourth-order valence-electron chi connectivity index (χ4n) is 1.19. The normalized spacial score (nSPS) is 10.4. The van der Waals surface area contributed by atoms with E-state index in [4.69, 9.17) is 11.7 Å². The first-order valence-corrected chi connectivity index (χ1v) is 5.94. The van der Waals surface area contributed by atoms with Crippen LogP contribution < -0.4 is 4.89 Å². The van der Waals surface area contributed by atoms with Crippen molar-refractivity contribution in [1.29, 1.82) is 0 Å². The van der Waals surface area contributed by atoms with Crippen LogP contribution in [0.2, 0.25) is 0 Å². The number of para-hydroxylation sites is 1. The molecule has 19 heavy (non-hydrogen) atoms. The van der Waals surface area contributed by atoms with E-state index in [9.17, 15) is 4.79 Å². The Labute approximate surface area is 114 Å². The van der Waals surface area contributed by atoms with Gasteiger partial charge < -0.3 is 4.89 Å². The van der Waals surface area contributed by atoms with Gasteiger partial charge in [0.15, 0.2) is 11.5 Å². The van der Waals surface area contributed by atoms with Crippen molar-refractivity contribution in [2.24, 2.45) is 0 Å². The summed E-state index contributed by atoms with van der Waals surface area (Å²) in [5, 5.41) is 8.62. The molecule has 0 aliphatic heterocycles. The SMILES string of the molecule is C#C/C=C(\C)C(=O)/C=C/c1ccccc1OO.CC. The van der Waals surface area contributed by atoms with E-state index in [0.29, 0.717) is 11.1 Å². The van der Waals surface area contributed by atoms with Crippen molar-refractivity contribution in [3.05, 3.63) is 47.6 Å². The van der Waals surface area contributed by atoms with Crippen molar-refractivity contribution in [3.63, 3.8) is 0 Å². The number of hydrogen-bond acceptors (Lipinski definition) is 3. The largest absolute Gasteiger partial charge is 0.340 e. The number of allylic oxidation sites excluding steroid dienone is 3. The summed E-state index contributed by atoms with van der Waals surface area (Å²) in [5.74, 6) is 2.39. The molecule has 0 aliphatic carbocycles. The van der Waals surface area contributed by atoms with Crippen LogP contribution in [0.1, 0.15) is 26.3 Å². The molecule has 3 nitrogen and oxygen atoms in total. The van der Waals surface area contributed by atoms with Gasteiger partial charge in [0.2, 0.25) is 0 Å². The Kier molecular flexibility index (Phi) is 8.51. The van der Waals surface area contributed by atoms with Gasteiger partial charge in [-0.15, -0.1) is 6.42 Å². The van der Waals surface area contributed by atoms with E-state index in [1.54, 1.807) is 37.3 Å². The molecule has 0 aromatic heterocycles. The van der Waals surface area contributed by atoms with Crippen LogP contribution in [0.4, 0.5) is 0 Å². The average molecular weight is 258 g/mol. The summed E-state index contributed by atoms with van der Waals surface area (Å²) in [6, 6.07) is 6.80. The Hall–Kier alpha value is -2.31. The topological polar surface area (TPSA) is 46.5 Å². The van der Waals surface area contributed by atoms with Gasteiger partial charge in [-0.05, 0) is 31.2 Å². The van der Waals surface area contributed by atoms with Crippen LogP contribution in [-0.2, 0) is 4.79 Å². The van der Waals surface area contributed by atoms with E-state index >= 15 is 0 Å². The maximum absolute atomic E-state index is 11.6. The van der Waals surface area contributed by atoms with Crippen molar-refractivity contribution in [2.75, 3.05) is 0 Å². The monoisotopic (exact) mass is 258 g/mol. The fourth-order valence-corrected chi connectivity index (χ4v) is 1.19. The van der Waals surface area contributed by atoms with E-state index < -0.39 is 0 Å². The highest BCUT2D eigenvalue weighted by molar-refractivity contribution is 6.06. The number of carbonyl (C=O) groups is 1. The predicted octanol–water partition coefficient (Wildman–Crippen LogP) is 3.73. The molecule has 0 amide bonds. The third kappa shape index (κ3) is 5.71. The summed E-state index contributed by atoms with van der Waals surface area (Å²) in [5.41, 5.74) is 1.09. The molecule has 0 unspecified atom stereocenters. The van der Waals surface area contributed by atoms with E-state index in [2.05, 4.69) is 10.8 Å². The smallest absolute Gasteiger partial charge is 0.182 e. The minimum Gasteiger partial charge on any atom is -0.340 e. The molecule has 0 fully saturated rings. The van der Waals surface area contributed by atoms with Gasteiger partial charge in [-0.2, -0.15) is 0 Å². The van der Waals surface area contributed by atoms with Crippen LogP contribution in [-0.4, -0.2) is 11.0 Å². The molecule has 1 aromatic carbocycles. The molecule has 0 spiro atoms. The van der Waals surface area contributed by atoms with Crippen molar-refractivity contribution >= 4 is 11.9 Å². The highest BCUT2D eigenvalue weighted by Crippen LogP contribution is 2.18. The number of terminal acetylenes is 1. The maximum Gasteiger partial charge on any atom is 0.182 e. The second kappa shape index (κ2) is 9.69. The zero-order valence-electron chi connectivity index (χ0n) is 11.4. The number of hydrogen-bond donors (Lipinski definition) is 1. The van der Waals surface area contributed by atoms with E-state index in [-0.39, 0.29) is 11.5 Å². The van der Waals surface area contributed by atoms with Gasteiger partial charge >= 0.3 is 0 Å². The van der Waals surface area contributed by atoms with Crippen molar-refractivity contribution in [3.8, 4) is 18.1 Å². The first-order chi connectivity index (χ1) is 9.19. The summed E-state index contributed by atoms with van der Waals surface area (Å²) < 4.78 is 0. The second-order valence-electron chi connectivity index (χ2n) is 3.32. The van der Waals surface area contributed by atoms with Gasteiger partial charge in [0, 0.05) is 11.1 Å². The van der Waals surface area contributed by atoms with Crippen LogP contribution in [0.15, 0.2) is 42.0 Å². The molecule has 0 radical (unpaired) electrons. The lowest BCUT2D eigenvalue weighted by atomic mass is 10.1. The molecule has 0 saturated heterocycles. The third-order valence-corrected chi connectivity index (χ3v) is 2.12. The van der Waals surface area contributed by atoms with Gasteiger partial charge in [0.1, 0.15) is 0 Å². The number of carbonyl (C=O) groups excluding carboxylic acids is 1. The lowest BCUT2D eigenvalue weighted by molar-refractivity contribution is -0.137. The number of ketones is 1. The molecule has 0 saturated carbocycles. The average Bonchev–Trinajstić information content (AvgIpc) is 2.47. The molecule has 0 heterocycles. The molecule has 1 rings (SSSR count). The molecule has 3 heteroatoms. The highest BCUT2D eigenvalue weighted by Gasteiger charge is 2.01. The fraction of sp³-hybridized carbons (Fsp3) is 0.188. The molecule has 1 N–H and O–H groups in total. The van der Waals surface area contributed by atoms with Gasteiger partial charge in [0.05, 0.1) is 0 Å². The second-order valence-corrected chi connectivity index (χ2v) is 3.32. The van der Waals surface area contributed by atoms with Crippen molar-refractivity contribution < 1.29 is 14.9 Å². The van der Waals surface area contributed by atoms with E-state index in [0.717, 1.165) is 0 Å². The van der Waals surface area contributed by atoms with Crippen LogP contribution >= 0.6 is 0 Å². The van der Waals surface area contributed by atoms with Crippen LogP contribution in [0.5, 0.6) is 5.75 Å². The Balaban J connectivity index is 0.00000154. The summed E-state index contributed by atoms with van der Waals surface area (Å²) in [4.78, 5) is 15.7. The first kappa shape index (κ1) is 16.7. The van der Waals surface area contributed by atoms with E-state index in [1.165, 1.54) is 12.2 Å². The minimum absolute atomic E-state index is 0.185. The lowest BCUT2D eigenvalue weighted by Crippen LogP contribution is -1.94. The molecule has 0 atom stereocenters. The highest BCUT2D eigenvalue weighted by atomic mass is 17.1. The molecular formula is C16H18O3. The first-order valence-electron chi connectivity index (χ1n) is 5.94. The third-order valence-electron chi connectivity index (χ3n) is 2.12. The van der Waals surface area contributed by atoms with Gasteiger partial charge in [-0.3, -0.25) is 4.79 Å². The Morgan fingerprint density at radius 3 is 2.58 bits per heavy atom. The molecule has 100 valence electrons. The predicted molar refractivity (Wildman–Crippen MR) is 77.7 cm³/mol. The molecule has 1 aromatic rings. The van der Waals surface area contributed by atoms with Crippen LogP contribution in [0.3, 0.4) is 0 Å². The van der Waals surface area contributed by atoms with Crippen molar-refractivity contribution in [1.82, 2.24) is 0 Å². The summed E-state index contributed by atoms with van der Waals surface area (Å²) in [6.07, 6.45) is 9.40. The zero-order valence-corrected chi connectivity index (χ0v) is 11.4. The minimum atomic E-state index is -0.185. The Bertz CT molecular complexity index is 505. The van der Waals surface area contributed by atoms with Gasteiger partial charge in [-0.25, -0.2) is 5.26 Å². The lowest BCUT2D eigenvalue weighted by Gasteiger charge is -2.00. The quantitative estimate of drug-likeness (QED) is 0.387. The van der Waals surface area contributed by atoms with Crippen molar-refractivity contribution in [2.45, 2.75) is 20.8 Å². The summed E-state index contributed by atoms with van der Waals surface area (Å²) in [6.45, 7) is 5.64. The number of rotatable bonds is 4.